The Kier molecular flexibility index (Phi) is 3.93. The SMILES string of the molecule is CN1CCN(CCc2cc(CN)no2)CC1. The van der Waals surface area contributed by atoms with E-state index in [1.807, 2.05) is 6.07 Å². The summed E-state index contributed by atoms with van der Waals surface area (Å²) in [5.74, 6) is 0.944. The molecule has 0 saturated carbocycles. The monoisotopic (exact) mass is 224 g/mol. The number of aromatic nitrogens is 1. The van der Waals surface area contributed by atoms with Gasteiger partial charge in [0.2, 0.25) is 0 Å². The van der Waals surface area contributed by atoms with Gasteiger partial charge >= 0.3 is 0 Å². The van der Waals surface area contributed by atoms with E-state index in [1.165, 1.54) is 0 Å². The molecular weight excluding hydrogens is 204 g/mol. The first-order valence-corrected chi connectivity index (χ1v) is 5.83. The lowest BCUT2D eigenvalue weighted by atomic mass is 10.2. The molecule has 1 saturated heterocycles. The molecular formula is C11H20N4O. The molecule has 0 atom stereocenters. The van der Waals surface area contributed by atoms with Crippen molar-refractivity contribution in [3.63, 3.8) is 0 Å². The van der Waals surface area contributed by atoms with Gasteiger partial charge < -0.3 is 20.1 Å². The van der Waals surface area contributed by atoms with Crippen molar-refractivity contribution in [3.05, 3.63) is 17.5 Å². The summed E-state index contributed by atoms with van der Waals surface area (Å²) >= 11 is 0. The molecule has 0 radical (unpaired) electrons. The molecule has 1 aliphatic rings. The van der Waals surface area contributed by atoms with Crippen molar-refractivity contribution in [1.82, 2.24) is 15.0 Å². The molecule has 16 heavy (non-hydrogen) atoms. The first-order chi connectivity index (χ1) is 7.78. The summed E-state index contributed by atoms with van der Waals surface area (Å²) in [6.45, 7) is 6.11. The van der Waals surface area contributed by atoms with E-state index in [4.69, 9.17) is 10.3 Å². The number of rotatable bonds is 4. The lowest BCUT2D eigenvalue weighted by Gasteiger charge is -2.31. The molecule has 0 spiro atoms. The highest BCUT2D eigenvalue weighted by atomic mass is 16.5. The van der Waals surface area contributed by atoms with Crippen LogP contribution in [0.1, 0.15) is 11.5 Å². The fourth-order valence-electron chi connectivity index (χ4n) is 1.91. The Balaban J connectivity index is 1.74. The summed E-state index contributed by atoms with van der Waals surface area (Å²) in [7, 11) is 2.17. The van der Waals surface area contributed by atoms with Crippen molar-refractivity contribution in [2.75, 3.05) is 39.8 Å². The predicted octanol–water partition coefficient (Wildman–Crippen LogP) is -0.0768. The number of likely N-dealkylation sites (N-methyl/N-ethyl adjacent to an activating group) is 1. The third-order valence-corrected chi connectivity index (χ3v) is 3.09. The first kappa shape index (κ1) is 11.6. The second-order valence-corrected chi connectivity index (χ2v) is 4.38. The normalized spacial score (nSPS) is 19.1. The highest BCUT2D eigenvalue weighted by Crippen LogP contribution is 2.06. The molecule has 1 aromatic heterocycles. The molecule has 5 heteroatoms. The van der Waals surface area contributed by atoms with E-state index in [1.54, 1.807) is 0 Å². The Hall–Kier alpha value is -0.910. The highest BCUT2D eigenvalue weighted by Gasteiger charge is 2.14. The number of nitrogens with zero attached hydrogens (tertiary/aromatic N) is 3. The average Bonchev–Trinajstić information content (AvgIpc) is 2.76. The zero-order chi connectivity index (χ0) is 11.4. The van der Waals surface area contributed by atoms with Gasteiger partial charge in [-0.2, -0.15) is 0 Å². The largest absolute Gasteiger partial charge is 0.361 e. The summed E-state index contributed by atoms with van der Waals surface area (Å²) in [4.78, 5) is 4.82. The molecule has 5 nitrogen and oxygen atoms in total. The second-order valence-electron chi connectivity index (χ2n) is 4.38. The van der Waals surface area contributed by atoms with Crippen molar-refractivity contribution in [1.29, 1.82) is 0 Å². The van der Waals surface area contributed by atoms with Crippen molar-refractivity contribution in [2.45, 2.75) is 13.0 Å². The molecule has 0 aromatic carbocycles. The van der Waals surface area contributed by atoms with Gasteiger partial charge in [0.05, 0.1) is 5.69 Å². The van der Waals surface area contributed by atoms with Gasteiger partial charge in [0.25, 0.3) is 0 Å². The molecule has 90 valence electrons. The maximum atomic E-state index is 5.48. The second kappa shape index (κ2) is 5.43. The molecule has 0 unspecified atom stereocenters. The Morgan fingerprint density at radius 1 is 1.38 bits per heavy atom. The Labute approximate surface area is 96.2 Å². The van der Waals surface area contributed by atoms with Gasteiger partial charge in [-0.05, 0) is 7.05 Å². The molecule has 1 fully saturated rings. The third kappa shape index (κ3) is 3.04. The van der Waals surface area contributed by atoms with Gasteiger partial charge in [0.1, 0.15) is 5.76 Å². The summed E-state index contributed by atoms with van der Waals surface area (Å²) in [5.41, 5.74) is 6.32. The van der Waals surface area contributed by atoms with Crippen LogP contribution in [0.5, 0.6) is 0 Å². The van der Waals surface area contributed by atoms with Crippen LogP contribution < -0.4 is 5.73 Å². The minimum absolute atomic E-state index is 0.456. The van der Waals surface area contributed by atoms with Crippen LogP contribution in [0.3, 0.4) is 0 Å². The summed E-state index contributed by atoms with van der Waals surface area (Å²) < 4.78 is 5.20. The van der Waals surface area contributed by atoms with Crippen molar-refractivity contribution < 1.29 is 4.52 Å². The van der Waals surface area contributed by atoms with Crippen LogP contribution in [0.2, 0.25) is 0 Å². The zero-order valence-electron chi connectivity index (χ0n) is 9.85. The van der Waals surface area contributed by atoms with E-state index in [-0.39, 0.29) is 0 Å². The summed E-state index contributed by atoms with van der Waals surface area (Å²) in [5, 5.41) is 3.88. The van der Waals surface area contributed by atoms with Crippen LogP contribution in [0.4, 0.5) is 0 Å². The number of hydrogen-bond acceptors (Lipinski definition) is 5. The molecule has 1 aromatic rings. The fourth-order valence-corrected chi connectivity index (χ4v) is 1.91. The van der Waals surface area contributed by atoms with Crippen molar-refractivity contribution in [2.24, 2.45) is 5.73 Å². The lowest BCUT2D eigenvalue weighted by Crippen LogP contribution is -2.45. The quantitative estimate of drug-likeness (QED) is 0.775. The molecule has 0 bridgehead atoms. The molecule has 1 aliphatic heterocycles. The lowest BCUT2D eigenvalue weighted by molar-refractivity contribution is 0.153. The maximum Gasteiger partial charge on any atom is 0.138 e. The number of hydrogen-bond donors (Lipinski definition) is 1. The van der Waals surface area contributed by atoms with Gasteiger partial charge in [-0.3, -0.25) is 0 Å². The molecule has 2 N–H and O–H groups in total. The van der Waals surface area contributed by atoms with E-state index in [2.05, 4.69) is 22.0 Å². The van der Waals surface area contributed by atoms with Crippen LogP contribution >= 0.6 is 0 Å². The molecule has 2 rings (SSSR count). The van der Waals surface area contributed by atoms with Crippen molar-refractivity contribution in [3.8, 4) is 0 Å². The molecule has 2 heterocycles. The number of nitrogens with two attached hydrogens (primary N) is 1. The smallest absolute Gasteiger partial charge is 0.138 e. The van der Waals surface area contributed by atoms with Gasteiger partial charge in [-0.25, -0.2) is 0 Å². The minimum atomic E-state index is 0.456. The summed E-state index contributed by atoms with van der Waals surface area (Å²) in [6, 6.07) is 1.95. The topological polar surface area (TPSA) is 58.5 Å². The van der Waals surface area contributed by atoms with Gasteiger partial charge in [0.15, 0.2) is 0 Å². The highest BCUT2D eigenvalue weighted by molar-refractivity contribution is 5.05. The average molecular weight is 224 g/mol. The standard InChI is InChI=1S/C11H20N4O/c1-14-4-6-15(7-5-14)3-2-11-8-10(9-12)13-16-11/h8H,2-7,9,12H2,1H3. The van der Waals surface area contributed by atoms with E-state index >= 15 is 0 Å². The minimum Gasteiger partial charge on any atom is -0.361 e. The maximum absolute atomic E-state index is 5.48. The van der Waals surface area contributed by atoms with Crippen molar-refractivity contribution >= 4 is 0 Å². The molecule has 0 aliphatic carbocycles. The predicted molar refractivity (Wildman–Crippen MR) is 62.0 cm³/mol. The third-order valence-electron chi connectivity index (χ3n) is 3.09. The van der Waals surface area contributed by atoms with E-state index < -0.39 is 0 Å². The van der Waals surface area contributed by atoms with Crippen LogP contribution in [0.15, 0.2) is 10.6 Å². The zero-order valence-corrected chi connectivity index (χ0v) is 9.85. The van der Waals surface area contributed by atoms with E-state index in [9.17, 15) is 0 Å². The van der Waals surface area contributed by atoms with Gasteiger partial charge in [-0.15, -0.1) is 0 Å². The van der Waals surface area contributed by atoms with Crippen LogP contribution in [0.25, 0.3) is 0 Å². The van der Waals surface area contributed by atoms with Crippen LogP contribution in [0, 0.1) is 0 Å². The van der Waals surface area contributed by atoms with Crippen LogP contribution in [-0.4, -0.2) is 54.7 Å². The summed E-state index contributed by atoms with van der Waals surface area (Å²) in [6.07, 6.45) is 0.927. The van der Waals surface area contributed by atoms with E-state index in [0.29, 0.717) is 6.54 Å². The van der Waals surface area contributed by atoms with Crippen LogP contribution in [-0.2, 0) is 13.0 Å². The first-order valence-electron chi connectivity index (χ1n) is 5.83. The van der Waals surface area contributed by atoms with Gasteiger partial charge in [-0.1, -0.05) is 5.16 Å². The molecule has 0 amide bonds. The van der Waals surface area contributed by atoms with Gasteiger partial charge in [0, 0.05) is 51.8 Å². The Morgan fingerprint density at radius 2 is 2.12 bits per heavy atom. The number of piperazine rings is 1. The fraction of sp³-hybridized carbons (Fsp3) is 0.727. The Morgan fingerprint density at radius 3 is 2.75 bits per heavy atom. The Bertz CT molecular complexity index is 318. The van der Waals surface area contributed by atoms with E-state index in [0.717, 1.165) is 50.6 Å².